The van der Waals surface area contributed by atoms with Crippen molar-refractivity contribution in [3.05, 3.63) is 82.5 Å². The first kappa shape index (κ1) is 23.4. The molecule has 0 spiro atoms. The third-order valence-electron chi connectivity index (χ3n) is 5.40. The van der Waals surface area contributed by atoms with Gasteiger partial charge in [0.2, 0.25) is 5.91 Å². The van der Waals surface area contributed by atoms with Crippen molar-refractivity contribution in [1.29, 1.82) is 0 Å². The van der Waals surface area contributed by atoms with Gasteiger partial charge in [0, 0.05) is 22.8 Å². The molecule has 0 saturated carbocycles. The predicted octanol–water partition coefficient (Wildman–Crippen LogP) is 5.17. The van der Waals surface area contributed by atoms with Crippen molar-refractivity contribution in [2.45, 2.75) is 20.8 Å². The number of aromatic nitrogens is 1. The van der Waals surface area contributed by atoms with Crippen LogP contribution in [0.1, 0.15) is 23.9 Å². The van der Waals surface area contributed by atoms with Crippen molar-refractivity contribution in [3.8, 4) is 11.4 Å². The molecule has 1 fully saturated rings. The van der Waals surface area contributed by atoms with Gasteiger partial charge in [-0.05, 0) is 86.6 Å². The van der Waals surface area contributed by atoms with Crippen LogP contribution in [0.3, 0.4) is 0 Å². The van der Waals surface area contributed by atoms with Gasteiger partial charge in [-0.25, -0.2) is 0 Å². The van der Waals surface area contributed by atoms with Crippen LogP contribution in [0.5, 0.6) is 5.75 Å². The van der Waals surface area contributed by atoms with E-state index in [0.717, 1.165) is 39.3 Å². The molecular weight excluding hydrogens is 450 g/mol. The summed E-state index contributed by atoms with van der Waals surface area (Å²) in [6.07, 6.45) is 1.72. The summed E-state index contributed by atoms with van der Waals surface area (Å²) >= 11 is 0.845. The van der Waals surface area contributed by atoms with Crippen molar-refractivity contribution in [3.63, 3.8) is 0 Å². The van der Waals surface area contributed by atoms with Gasteiger partial charge in [0.15, 0.2) is 0 Å². The Balaban J connectivity index is 1.47. The zero-order valence-corrected chi connectivity index (χ0v) is 20.0. The fourth-order valence-electron chi connectivity index (χ4n) is 3.83. The van der Waals surface area contributed by atoms with Gasteiger partial charge >= 0.3 is 0 Å². The third-order valence-corrected chi connectivity index (χ3v) is 6.30. The van der Waals surface area contributed by atoms with Crippen molar-refractivity contribution >= 4 is 40.6 Å². The highest BCUT2D eigenvalue weighted by Crippen LogP contribution is 2.33. The number of rotatable bonds is 7. The van der Waals surface area contributed by atoms with Crippen LogP contribution in [0, 0.1) is 13.8 Å². The van der Waals surface area contributed by atoms with E-state index in [9.17, 15) is 14.4 Å². The number of nitrogens with one attached hydrogen (secondary N) is 1. The summed E-state index contributed by atoms with van der Waals surface area (Å²) in [5.74, 6) is -0.223. The first-order chi connectivity index (χ1) is 16.4. The first-order valence-corrected chi connectivity index (χ1v) is 11.7. The molecule has 0 bridgehead atoms. The van der Waals surface area contributed by atoms with Gasteiger partial charge in [0.05, 0.1) is 11.5 Å². The van der Waals surface area contributed by atoms with E-state index in [-0.39, 0.29) is 6.54 Å². The normalized spacial score (nSPS) is 14.7. The lowest BCUT2D eigenvalue weighted by Gasteiger charge is -2.12. The maximum Gasteiger partial charge on any atom is 0.294 e. The topological polar surface area (TPSA) is 80.6 Å². The number of nitrogens with zero attached hydrogens (tertiary/aromatic N) is 2. The highest BCUT2D eigenvalue weighted by molar-refractivity contribution is 8.18. The van der Waals surface area contributed by atoms with Gasteiger partial charge < -0.3 is 14.6 Å². The number of imide groups is 1. The quantitative estimate of drug-likeness (QED) is 0.477. The molecule has 1 aliphatic heterocycles. The monoisotopic (exact) mass is 475 g/mol. The van der Waals surface area contributed by atoms with Gasteiger partial charge in [0.1, 0.15) is 12.3 Å². The number of carbonyl (C=O) groups excluding carboxylic acids is 3. The van der Waals surface area contributed by atoms with Crippen LogP contribution in [-0.2, 0) is 9.59 Å². The Morgan fingerprint density at radius 2 is 1.76 bits per heavy atom. The molecular formula is C26H25N3O4S. The maximum atomic E-state index is 12.9. The summed E-state index contributed by atoms with van der Waals surface area (Å²) in [6.45, 7) is 6.06. The van der Waals surface area contributed by atoms with Crippen molar-refractivity contribution in [1.82, 2.24) is 9.47 Å². The Kier molecular flexibility index (Phi) is 6.88. The van der Waals surface area contributed by atoms with Crippen molar-refractivity contribution < 1.29 is 19.1 Å². The molecule has 7 nitrogen and oxygen atoms in total. The molecule has 174 valence electrons. The van der Waals surface area contributed by atoms with E-state index in [1.54, 1.807) is 30.3 Å². The van der Waals surface area contributed by atoms with Crippen LogP contribution < -0.4 is 10.1 Å². The minimum Gasteiger partial charge on any atom is -0.494 e. The lowest BCUT2D eigenvalue weighted by Crippen LogP contribution is -2.36. The fourth-order valence-corrected chi connectivity index (χ4v) is 4.66. The summed E-state index contributed by atoms with van der Waals surface area (Å²) in [6, 6.07) is 18.8. The van der Waals surface area contributed by atoms with Crippen molar-refractivity contribution in [2.24, 2.45) is 0 Å². The van der Waals surface area contributed by atoms with Crippen LogP contribution in [0.4, 0.5) is 10.5 Å². The van der Waals surface area contributed by atoms with Crippen LogP contribution >= 0.6 is 11.8 Å². The molecule has 1 aromatic heterocycles. The standard InChI is InChI=1S/C26H25N3O4S/c1-4-33-22-12-10-20(11-13-22)27-24(30)16-28-25(31)23(34-26(28)32)15-19-14-17(2)29(18(19)3)21-8-6-5-7-9-21/h5-15H,4,16H2,1-3H3,(H,27,30)/b23-15-. The lowest BCUT2D eigenvalue weighted by atomic mass is 10.2. The van der Waals surface area contributed by atoms with E-state index in [4.69, 9.17) is 4.74 Å². The largest absolute Gasteiger partial charge is 0.494 e. The molecule has 34 heavy (non-hydrogen) atoms. The van der Waals surface area contributed by atoms with Gasteiger partial charge in [-0.2, -0.15) is 0 Å². The van der Waals surface area contributed by atoms with Crippen LogP contribution in [0.15, 0.2) is 65.6 Å². The molecule has 4 rings (SSSR count). The number of ether oxygens (including phenoxy) is 1. The van der Waals surface area contributed by atoms with Gasteiger partial charge in [0.25, 0.3) is 11.1 Å². The maximum absolute atomic E-state index is 12.9. The van der Waals surface area contributed by atoms with Crippen LogP contribution in [0.25, 0.3) is 11.8 Å². The van der Waals surface area contributed by atoms with E-state index in [0.29, 0.717) is 22.9 Å². The highest BCUT2D eigenvalue weighted by Gasteiger charge is 2.36. The number of anilines is 1. The summed E-state index contributed by atoms with van der Waals surface area (Å²) in [4.78, 5) is 39.1. The number of hydrogen-bond acceptors (Lipinski definition) is 5. The van der Waals surface area contributed by atoms with Crippen molar-refractivity contribution in [2.75, 3.05) is 18.5 Å². The second kappa shape index (κ2) is 10.0. The number of para-hydroxylation sites is 1. The number of amides is 3. The zero-order valence-electron chi connectivity index (χ0n) is 19.2. The van der Waals surface area contributed by atoms with Gasteiger partial charge in [-0.3, -0.25) is 19.3 Å². The molecule has 1 saturated heterocycles. The van der Waals surface area contributed by atoms with Crippen LogP contribution in [0.2, 0.25) is 0 Å². The average molecular weight is 476 g/mol. The van der Waals surface area contributed by atoms with E-state index < -0.39 is 17.1 Å². The molecule has 0 radical (unpaired) electrons. The summed E-state index contributed by atoms with van der Waals surface area (Å²) in [5, 5.41) is 2.25. The Labute approximate surface area is 202 Å². The zero-order chi connectivity index (χ0) is 24.2. The average Bonchev–Trinajstić information content (AvgIpc) is 3.25. The summed E-state index contributed by atoms with van der Waals surface area (Å²) in [5.41, 5.74) is 4.42. The SMILES string of the molecule is CCOc1ccc(NC(=O)CN2C(=O)S/C(=C\c3cc(C)n(-c4ccccc4)c3C)C2=O)cc1. The molecule has 3 amide bonds. The Morgan fingerprint density at radius 3 is 2.44 bits per heavy atom. The van der Waals surface area contributed by atoms with Gasteiger partial charge in [-0.1, -0.05) is 18.2 Å². The Bertz CT molecular complexity index is 1260. The number of benzene rings is 2. The molecule has 8 heteroatoms. The predicted molar refractivity (Wildman–Crippen MR) is 134 cm³/mol. The molecule has 0 aliphatic carbocycles. The number of hydrogen-bond donors (Lipinski definition) is 1. The third kappa shape index (κ3) is 4.92. The summed E-state index contributed by atoms with van der Waals surface area (Å²) in [7, 11) is 0. The lowest BCUT2D eigenvalue weighted by molar-refractivity contribution is -0.127. The molecule has 1 aliphatic rings. The molecule has 2 heterocycles. The highest BCUT2D eigenvalue weighted by atomic mass is 32.2. The summed E-state index contributed by atoms with van der Waals surface area (Å²) < 4.78 is 7.48. The minimum absolute atomic E-state index is 0.298. The molecule has 2 aromatic carbocycles. The minimum atomic E-state index is -0.471. The second-order valence-corrected chi connectivity index (χ2v) is 8.76. The Morgan fingerprint density at radius 1 is 1.06 bits per heavy atom. The molecule has 3 aromatic rings. The van der Waals surface area contributed by atoms with E-state index >= 15 is 0 Å². The molecule has 0 atom stereocenters. The smallest absolute Gasteiger partial charge is 0.294 e. The number of thioether (sulfide) groups is 1. The van der Waals surface area contributed by atoms with Crippen LogP contribution in [-0.4, -0.2) is 39.7 Å². The molecule has 1 N–H and O–H groups in total. The van der Waals surface area contributed by atoms with E-state index in [1.807, 2.05) is 57.2 Å². The van der Waals surface area contributed by atoms with Gasteiger partial charge in [-0.15, -0.1) is 0 Å². The number of carbonyl (C=O) groups is 3. The Hall–Kier alpha value is -3.78. The first-order valence-electron chi connectivity index (χ1n) is 10.9. The number of aryl methyl sites for hydroxylation is 1. The van der Waals surface area contributed by atoms with E-state index in [2.05, 4.69) is 9.88 Å². The van der Waals surface area contributed by atoms with E-state index in [1.165, 1.54) is 0 Å². The molecule has 0 unspecified atom stereocenters. The second-order valence-electron chi connectivity index (χ2n) is 7.77. The fraction of sp³-hybridized carbons (Fsp3) is 0.192.